The summed E-state index contributed by atoms with van der Waals surface area (Å²) < 4.78 is 2.34. The lowest BCUT2D eigenvalue weighted by Gasteiger charge is -2.26. The standard InChI is InChI=1S/C63H43N5/c64-61(46-22-9-3-10-23-46)60(45-20-7-2-8-21-45)62-52-37-36-48(38-50(52)40-55(65-62)43-18-5-1-6-19-43)42-32-34-44(35-33-42)56-41-57(67-63(66-56)47-24-11-4-12-25-47)49-26-17-27-51(39-49)68-58-30-15-13-28-53(58)54-29-14-16-31-59(54)68/h1-41,64-65H/b62-60-,64-61?. The maximum absolute atomic E-state index is 9.63. The molecule has 0 saturated heterocycles. The fourth-order valence-electron chi connectivity index (χ4n) is 9.52. The first-order chi connectivity index (χ1) is 33.6. The van der Waals surface area contributed by atoms with Crippen molar-refractivity contribution in [2.75, 3.05) is 0 Å². The van der Waals surface area contributed by atoms with Crippen LogP contribution in [0.4, 0.5) is 0 Å². The Bertz CT molecular complexity index is 3690. The van der Waals surface area contributed by atoms with Crippen LogP contribution in [0.1, 0.15) is 27.8 Å². The predicted molar refractivity (Wildman–Crippen MR) is 282 cm³/mol. The zero-order valence-corrected chi connectivity index (χ0v) is 37.0. The molecule has 12 rings (SSSR count). The highest BCUT2D eigenvalue weighted by Crippen LogP contribution is 2.39. The smallest absolute Gasteiger partial charge is 0.160 e. The monoisotopic (exact) mass is 869 g/mol. The molecular formula is C63H43N5. The molecule has 0 atom stereocenters. The highest BCUT2D eigenvalue weighted by atomic mass is 15.0. The summed E-state index contributed by atoms with van der Waals surface area (Å²) in [6, 6.07) is 84.2. The summed E-state index contributed by atoms with van der Waals surface area (Å²) in [7, 11) is 0. The second-order valence-corrected chi connectivity index (χ2v) is 17.0. The minimum Gasteiger partial charge on any atom is -0.354 e. The molecular weight excluding hydrogens is 827 g/mol. The van der Waals surface area contributed by atoms with Crippen molar-refractivity contribution in [1.82, 2.24) is 19.9 Å². The zero-order valence-electron chi connectivity index (χ0n) is 37.0. The summed E-state index contributed by atoms with van der Waals surface area (Å²) in [5.74, 6) is 0.674. The van der Waals surface area contributed by atoms with Crippen LogP contribution in [0.2, 0.25) is 0 Å². The fourth-order valence-corrected chi connectivity index (χ4v) is 9.52. The summed E-state index contributed by atoms with van der Waals surface area (Å²) in [5.41, 5.74) is 18.4. The van der Waals surface area contributed by atoms with Gasteiger partial charge in [-0.05, 0) is 70.3 Å². The molecule has 320 valence electrons. The van der Waals surface area contributed by atoms with Gasteiger partial charge in [-0.25, -0.2) is 9.97 Å². The van der Waals surface area contributed by atoms with Crippen LogP contribution >= 0.6 is 0 Å². The number of aromatic nitrogens is 3. The number of nitrogens with one attached hydrogen (secondary N) is 2. The molecule has 1 aliphatic rings. The molecule has 2 aromatic heterocycles. The van der Waals surface area contributed by atoms with E-state index in [1.807, 2.05) is 72.8 Å². The molecule has 9 aromatic carbocycles. The Labute approximate surface area is 395 Å². The van der Waals surface area contributed by atoms with Crippen molar-refractivity contribution < 1.29 is 0 Å². The second kappa shape index (κ2) is 17.3. The van der Waals surface area contributed by atoms with Crippen LogP contribution in [0.3, 0.4) is 0 Å². The van der Waals surface area contributed by atoms with Gasteiger partial charge in [0.25, 0.3) is 0 Å². The first-order valence-corrected chi connectivity index (χ1v) is 22.9. The van der Waals surface area contributed by atoms with Crippen molar-refractivity contribution in [3.63, 3.8) is 0 Å². The average molecular weight is 870 g/mol. The number of benzene rings is 9. The topological polar surface area (TPSA) is 66.6 Å². The number of nitrogens with zero attached hydrogens (tertiary/aromatic N) is 3. The van der Waals surface area contributed by atoms with Crippen LogP contribution < -0.4 is 5.32 Å². The fraction of sp³-hybridized carbons (Fsp3) is 0. The predicted octanol–water partition coefficient (Wildman–Crippen LogP) is 15.3. The van der Waals surface area contributed by atoms with E-state index >= 15 is 0 Å². The Morgan fingerprint density at radius 1 is 0.412 bits per heavy atom. The van der Waals surface area contributed by atoms with E-state index < -0.39 is 0 Å². The summed E-state index contributed by atoms with van der Waals surface area (Å²) in [6.07, 6.45) is 2.23. The minimum atomic E-state index is 0.457. The third-order valence-corrected chi connectivity index (χ3v) is 12.8. The molecule has 1 aliphatic heterocycles. The van der Waals surface area contributed by atoms with Gasteiger partial charge in [0.05, 0.1) is 33.8 Å². The lowest BCUT2D eigenvalue weighted by atomic mass is 9.87. The molecule has 5 heteroatoms. The minimum absolute atomic E-state index is 0.457. The van der Waals surface area contributed by atoms with E-state index in [9.17, 15) is 5.41 Å². The average Bonchev–Trinajstić information content (AvgIpc) is 3.76. The SMILES string of the molecule is N=C(/C(=C1\NC(c2ccccc2)=Cc2cc(-c3ccc(-c4cc(-c5cccc(-n6c7ccccc7c7ccccc76)c5)nc(-c5ccccc5)n4)cc3)ccc21)c1ccccc1)c1ccccc1. The van der Waals surface area contributed by atoms with Gasteiger partial charge in [-0.1, -0.05) is 206 Å². The van der Waals surface area contributed by atoms with E-state index in [-0.39, 0.29) is 0 Å². The van der Waals surface area contributed by atoms with Crippen LogP contribution in [0.5, 0.6) is 0 Å². The van der Waals surface area contributed by atoms with Crippen LogP contribution in [0, 0.1) is 5.41 Å². The number of para-hydroxylation sites is 2. The van der Waals surface area contributed by atoms with E-state index in [0.717, 1.165) is 89.7 Å². The quantitative estimate of drug-likeness (QED) is 0.142. The molecule has 2 N–H and O–H groups in total. The summed E-state index contributed by atoms with van der Waals surface area (Å²) in [4.78, 5) is 10.4. The largest absolute Gasteiger partial charge is 0.354 e. The number of rotatable bonds is 9. The highest BCUT2D eigenvalue weighted by Gasteiger charge is 2.24. The van der Waals surface area contributed by atoms with E-state index in [1.54, 1.807) is 0 Å². The van der Waals surface area contributed by atoms with Gasteiger partial charge in [0.2, 0.25) is 0 Å². The van der Waals surface area contributed by atoms with E-state index in [4.69, 9.17) is 9.97 Å². The lowest BCUT2D eigenvalue weighted by Crippen LogP contribution is -2.20. The first kappa shape index (κ1) is 40.3. The zero-order chi connectivity index (χ0) is 45.4. The van der Waals surface area contributed by atoms with Crippen molar-refractivity contribution in [3.8, 4) is 50.7 Å². The van der Waals surface area contributed by atoms with Crippen LogP contribution in [0.25, 0.3) is 95.6 Å². The Kier molecular flexibility index (Phi) is 10.3. The van der Waals surface area contributed by atoms with E-state index in [2.05, 4.69) is 186 Å². The molecule has 0 spiro atoms. The molecule has 0 radical (unpaired) electrons. The van der Waals surface area contributed by atoms with Crippen LogP contribution in [-0.4, -0.2) is 20.2 Å². The van der Waals surface area contributed by atoms with Crippen molar-refractivity contribution >= 4 is 50.6 Å². The molecule has 5 nitrogen and oxygen atoms in total. The van der Waals surface area contributed by atoms with Gasteiger partial charge in [0.15, 0.2) is 5.82 Å². The van der Waals surface area contributed by atoms with Gasteiger partial charge in [0.1, 0.15) is 0 Å². The molecule has 11 aromatic rings. The maximum atomic E-state index is 9.63. The van der Waals surface area contributed by atoms with Crippen molar-refractivity contribution in [1.29, 1.82) is 5.41 Å². The summed E-state index contributed by atoms with van der Waals surface area (Å²) in [5, 5.41) is 15.9. The van der Waals surface area contributed by atoms with Gasteiger partial charge < -0.3 is 9.88 Å². The Morgan fingerprint density at radius 2 is 0.941 bits per heavy atom. The Balaban J connectivity index is 0.945. The number of hydrogen-bond acceptors (Lipinski definition) is 4. The molecule has 0 saturated carbocycles. The second-order valence-electron chi connectivity index (χ2n) is 17.0. The van der Waals surface area contributed by atoms with Crippen molar-refractivity contribution in [2.24, 2.45) is 0 Å². The summed E-state index contributed by atoms with van der Waals surface area (Å²) >= 11 is 0. The number of fused-ring (bicyclic) bond motifs is 4. The van der Waals surface area contributed by atoms with E-state index in [0.29, 0.717) is 11.5 Å². The van der Waals surface area contributed by atoms with Crippen LogP contribution in [-0.2, 0) is 0 Å². The number of allylic oxidation sites excluding steroid dienone is 1. The normalized spacial score (nSPS) is 12.9. The molecule has 0 unspecified atom stereocenters. The molecule has 0 aliphatic carbocycles. The van der Waals surface area contributed by atoms with E-state index in [1.165, 1.54) is 21.8 Å². The lowest BCUT2D eigenvalue weighted by molar-refractivity contribution is 1.16. The molecule has 0 amide bonds. The van der Waals surface area contributed by atoms with Gasteiger partial charge in [-0.15, -0.1) is 0 Å². The summed E-state index contributed by atoms with van der Waals surface area (Å²) in [6.45, 7) is 0. The molecule has 3 heterocycles. The van der Waals surface area contributed by atoms with Crippen LogP contribution in [0.15, 0.2) is 243 Å². The molecule has 0 fully saturated rings. The Hall–Kier alpha value is -9.19. The van der Waals surface area contributed by atoms with Crippen molar-refractivity contribution in [2.45, 2.75) is 0 Å². The molecule has 0 bridgehead atoms. The number of hydrogen-bond donors (Lipinski definition) is 2. The first-order valence-electron chi connectivity index (χ1n) is 22.9. The Morgan fingerprint density at radius 3 is 1.60 bits per heavy atom. The molecule has 68 heavy (non-hydrogen) atoms. The van der Waals surface area contributed by atoms with Gasteiger partial charge in [0, 0.05) is 55.5 Å². The van der Waals surface area contributed by atoms with Gasteiger partial charge in [-0.2, -0.15) is 0 Å². The highest BCUT2D eigenvalue weighted by molar-refractivity contribution is 6.36. The van der Waals surface area contributed by atoms with Gasteiger partial charge >= 0.3 is 0 Å². The van der Waals surface area contributed by atoms with Gasteiger partial charge in [-0.3, -0.25) is 5.41 Å². The van der Waals surface area contributed by atoms with Crippen molar-refractivity contribution in [3.05, 3.63) is 270 Å². The third-order valence-electron chi connectivity index (χ3n) is 12.8. The third kappa shape index (κ3) is 7.48. The maximum Gasteiger partial charge on any atom is 0.160 e.